The van der Waals surface area contributed by atoms with Crippen molar-refractivity contribution in [1.29, 1.82) is 0 Å². The number of guanidine groups is 1. The van der Waals surface area contributed by atoms with E-state index in [0.29, 0.717) is 13.1 Å². The highest BCUT2D eigenvalue weighted by atomic mass is 16.5. The van der Waals surface area contributed by atoms with Gasteiger partial charge in [0.05, 0.1) is 7.11 Å². The molecule has 0 saturated heterocycles. The van der Waals surface area contributed by atoms with E-state index in [9.17, 15) is 0 Å². The maximum Gasteiger partial charge on any atom is 0.191 e. The highest BCUT2D eigenvalue weighted by Gasteiger charge is 2.02. The molecule has 134 valence electrons. The van der Waals surface area contributed by atoms with E-state index < -0.39 is 0 Å². The summed E-state index contributed by atoms with van der Waals surface area (Å²) < 4.78 is 6.91. The van der Waals surface area contributed by atoms with Gasteiger partial charge in [-0.3, -0.25) is 4.99 Å². The number of hydrogen-bond acceptors (Lipinski definition) is 4. The smallest absolute Gasteiger partial charge is 0.191 e. The first-order valence-corrected chi connectivity index (χ1v) is 8.31. The third-order valence-corrected chi connectivity index (χ3v) is 3.85. The van der Waals surface area contributed by atoms with Crippen LogP contribution < -0.4 is 15.4 Å². The van der Waals surface area contributed by atoms with Crippen LogP contribution in [-0.2, 0) is 13.1 Å². The van der Waals surface area contributed by atoms with Crippen LogP contribution in [0.25, 0.3) is 5.82 Å². The molecule has 0 aliphatic heterocycles. The van der Waals surface area contributed by atoms with E-state index in [0.717, 1.165) is 28.7 Å². The molecule has 0 radical (unpaired) electrons. The first-order chi connectivity index (χ1) is 12.8. The molecule has 3 aromatic rings. The van der Waals surface area contributed by atoms with Gasteiger partial charge in [0.25, 0.3) is 0 Å². The SMILES string of the molecule is CN=C(NCc1ccc(OC)cc1)NCc1ccnc(-n2cccn2)c1. The normalized spacial score (nSPS) is 11.2. The van der Waals surface area contributed by atoms with Crippen molar-refractivity contribution in [2.45, 2.75) is 13.1 Å². The van der Waals surface area contributed by atoms with Gasteiger partial charge < -0.3 is 15.4 Å². The molecular weight excluding hydrogens is 328 g/mol. The lowest BCUT2D eigenvalue weighted by molar-refractivity contribution is 0.414. The second kappa shape index (κ2) is 8.66. The van der Waals surface area contributed by atoms with Crippen LogP contribution in [0.15, 0.2) is 66.0 Å². The average molecular weight is 350 g/mol. The fourth-order valence-corrected chi connectivity index (χ4v) is 2.44. The number of benzene rings is 1. The maximum atomic E-state index is 5.17. The Hall–Kier alpha value is -3.35. The fraction of sp³-hybridized carbons (Fsp3) is 0.211. The van der Waals surface area contributed by atoms with Crippen molar-refractivity contribution in [3.05, 3.63) is 72.2 Å². The van der Waals surface area contributed by atoms with E-state index >= 15 is 0 Å². The van der Waals surface area contributed by atoms with E-state index in [1.54, 1.807) is 31.2 Å². The topological polar surface area (TPSA) is 76.4 Å². The number of hydrogen-bond donors (Lipinski definition) is 2. The van der Waals surface area contributed by atoms with Gasteiger partial charge in [0.1, 0.15) is 5.75 Å². The minimum atomic E-state index is 0.638. The number of ether oxygens (including phenoxy) is 1. The van der Waals surface area contributed by atoms with Gasteiger partial charge in [-0.15, -0.1) is 0 Å². The van der Waals surface area contributed by atoms with Gasteiger partial charge in [-0.25, -0.2) is 9.67 Å². The number of nitrogens with zero attached hydrogens (tertiary/aromatic N) is 4. The molecule has 0 aliphatic rings. The van der Waals surface area contributed by atoms with Crippen LogP contribution in [0.2, 0.25) is 0 Å². The Morgan fingerprint density at radius 3 is 2.50 bits per heavy atom. The summed E-state index contributed by atoms with van der Waals surface area (Å²) >= 11 is 0. The van der Waals surface area contributed by atoms with E-state index in [1.165, 1.54) is 0 Å². The molecule has 2 N–H and O–H groups in total. The molecule has 2 heterocycles. The van der Waals surface area contributed by atoms with Crippen LogP contribution in [0.3, 0.4) is 0 Å². The van der Waals surface area contributed by atoms with Crippen molar-refractivity contribution >= 4 is 5.96 Å². The molecule has 2 aromatic heterocycles. The van der Waals surface area contributed by atoms with Gasteiger partial charge in [0.2, 0.25) is 0 Å². The zero-order valence-electron chi connectivity index (χ0n) is 14.9. The highest BCUT2D eigenvalue weighted by molar-refractivity contribution is 5.79. The molecule has 0 unspecified atom stereocenters. The average Bonchev–Trinajstić information content (AvgIpc) is 3.24. The molecule has 7 nitrogen and oxygen atoms in total. The third-order valence-electron chi connectivity index (χ3n) is 3.85. The fourth-order valence-electron chi connectivity index (χ4n) is 2.44. The second-order valence-corrected chi connectivity index (χ2v) is 5.60. The lowest BCUT2D eigenvalue weighted by Gasteiger charge is -2.12. The first kappa shape index (κ1) is 17.5. The summed E-state index contributed by atoms with van der Waals surface area (Å²) in [6.45, 7) is 1.32. The van der Waals surface area contributed by atoms with Crippen LogP contribution >= 0.6 is 0 Å². The summed E-state index contributed by atoms with van der Waals surface area (Å²) in [7, 11) is 3.42. The van der Waals surface area contributed by atoms with Gasteiger partial charge in [-0.2, -0.15) is 5.10 Å². The predicted octanol–water partition coefficient (Wildman–Crippen LogP) is 2.14. The quantitative estimate of drug-likeness (QED) is 0.526. The highest BCUT2D eigenvalue weighted by Crippen LogP contribution is 2.11. The van der Waals surface area contributed by atoms with Crippen LogP contribution in [0, 0.1) is 0 Å². The molecule has 0 aliphatic carbocycles. The Morgan fingerprint density at radius 2 is 1.85 bits per heavy atom. The van der Waals surface area contributed by atoms with Gasteiger partial charge in [0.15, 0.2) is 11.8 Å². The van der Waals surface area contributed by atoms with Crippen LogP contribution in [0.4, 0.5) is 0 Å². The van der Waals surface area contributed by atoms with Crippen LogP contribution in [0.5, 0.6) is 5.75 Å². The molecule has 26 heavy (non-hydrogen) atoms. The summed E-state index contributed by atoms with van der Waals surface area (Å²) in [5.74, 6) is 2.37. The van der Waals surface area contributed by atoms with Crippen molar-refractivity contribution in [2.75, 3.05) is 14.2 Å². The van der Waals surface area contributed by atoms with Gasteiger partial charge in [-0.05, 0) is 41.5 Å². The Bertz CT molecular complexity index is 843. The van der Waals surface area contributed by atoms with Gasteiger partial charge in [-0.1, -0.05) is 12.1 Å². The molecule has 0 saturated carbocycles. The monoisotopic (exact) mass is 350 g/mol. The number of pyridine rings is 1. The van der Waals surface area contributed by atoms with Crippen LogP contribution in [-0.4, -0.2) is 34.9 Å². The summed E-state index contributed by atoms with van der Waals surface area (Å²) in [6.07, 6.45) is 5.38. The van der Waals surface area contributed by atoms with Crippen molar-refractivity contribution in [2.24, 2.45) is 4.99 Å². The second-order valence-electron chi connectivity index (χ2n) is 5.60. The van der Waals surface area contributed by atoms with E-state index in [1.807, 2.05) is 48.7 Å². The van der Waals surface area contributed by atoms with Crippen molar-refractivity contribution in [3.63, 3.8) is 0 Å². The lowest BCUT2D eigenvalue weighted by atomic mass is 10.2. The van der Waals surface area contributed by atoms with Gasteiger partial charge in [0, 0.05) is 38.7 Å². The minimum absolute atomic E-state index is 0.638. The third kappa shape index (κ3) is 4.60. The first-order valence-electron chi connectivity index (χ1n) is 8.31. The van der Waals surface area contributed by atoms with Crippen molar-refractivity contribution < 1.29 is 4.74 Å². The molecule has 0 spiro atoms. The number of aliphatic imine (C=N–C) groups is 1. The van der Waals surface area contributed by atoms with Crippen molar-refractivity contribution in [1.82, 2.24) is 25.4 Å². The molecule has 1 aromatic carbocycles. The number of nitrogens with one attached hydrogen (secondary N) is 2. The Labute approximate surface area is 152 Å². The Kier molecular flexibility index (Phi) is 5.82. The molecule has 7 heteroatoms. The van der Waals surface area contributed by atoms with E-state index in [2.05, 4.69) is 25.7 Å². The Balaban J connectivity index is 1.54. The van der Waals surface area contributed by atoms with Crippen molar-refractivity contribution in [3.8, 4) is 11.6 Å². The van der Waals surface area contributed by atoms with Crippen LogP contribution in [0.1, 0.15) is 11.1 Å². The largest absolute Gasteiger partial charge is 0.497 e. The van der Waals surface area contributed by atoms with E-state index in [-0.39, 0.29) is 0 Å². The predicted molar refractivity (Wildman–Crippen MR) is 101 cm³/mol. The summed E-state index contributed by atoms with van der Waals surface area (Å²) in [4.78, 5) is 8.60. The summed E-state index contributed by atoms with van der Waals surface area (Å²) in [5.41, 5.74) is 2.25. The molecule has 0 amide bonds. The zero-order valence-corrected chi connectivity index (χ0v) is 14.9. The lowest BCUT2D eigenvalue weighted by Crippen LogP contribution is -2.36. The standard InChI is InChI=1S/C19H22N6O/c1-20-19(22-13-15-4-6-17(26-2)7-5-15)23-14-16-8-10-21-18(12-16)25-11-3-9-24-25/h3-12H,13-14H2,1-2H3,(H2,20,22,23). The molecule has 0 bridgehead atoms. The molecule has 3 rings (SSSR count). The van der Waals surface area contributed by atoms with Gasteiger partial charge >= 0.3 is 0 Å². The number of aromatic nitrogens is 3. The minimum Gasteiger partial charge on any atom is -0.497 e. The number of methoxy groups -OCH3 is 1. The number of rotatable bonds is 6. The zero-order chi connectivity index (χ0) is 18.2. The summed E-state index contributed by atoms with van der Waals surface area (Å²) in [5, 5.41) is 10.8. The molecular formula is C19H22N6O. The van der Waals surface area contributed by atoms with E-state index in [4.69, 9.17) is 4.74 Å². The molecule has 0 fully saturated rings. The summed E-state index contributed by atoms with van der Waals surface area (Å²) in [6, 6.07) is 13.8. The Morgan fingerprint density at radius 1 is 1.08 bits per heavy atom. The maximum absolute atomic E-state index is 5.17. The molecule has 0 atom stereocenters.